The minimum atomic E-state index is -3.99. The first-order valence-corrected chi connectivity index (χ1v) is 6.87. The number of benzene rings is 1. The summed E-state index contributed by atoms with van der Waals surface area (Å²) in [6.07, 6.45) is 0.579. The molecule has 0 aliphatic carbocycles. The molecule has 0 aliphatic heterocycles. The van der Waals surface area contributed by atoms with E-state index in [1.165, 1.54) is 0 Å². The van der Waals surface area contributed by atoms with Crippen LogP contribution in [0.25, 0.3) is 0 Å². The largest absolute Gasteiger partial charge is 0.243 e. The predicted octanol–water partition coefficient (Wildman–Crippen LogP) is 2.26. The zero-order chi connectivity index (χ0) is 13.1. The zero-order valence-corrected chi connectivity index (χ0v) is 10.7. The second-order valence-electron chi connectivity index (χ2n) is 3.43. The summed E-state index contributed by atoms with van der Waals surface area (Å²) in [4.78, 5) is -0.584. The van der Waals surface area contributed by atoms with Gasteiger partial charge in [-0.2, -0.15) is 0 Å². The lowest BCUT2D eigenvalue weighted by Crippen LogP contribution is -2.30. The minimum Gasteiger partial charge on any atom is -0.210 e. The van der Waals surface area contributed by atoms with Crippen LogP contribution in [0.15, 0.2) is 23.1 Å². The number of halogens is 3. The molecule has 0 spiro atoms. The number of alkyl halides is 1. The Kier molecular flexibility index (Phi) is 4.85. The Morgan fingerprint density at radius 1 is 1.41 bits per heavy atom. The molecule has 3 nitrogen and oxygen atoms in total. The monoisotopic (exact) mass is 283 g/mol. The molecule has 96 valence electrons. The quantitative estimate of drug-likeness (QED) is 0.843. The molecule has 0 saturated carbocycles. The Bertz CT molecular complexity index is 493. The maximum Gasteiger partial charge on any atom is 0.243 e. The summed E-state index contributed by atoms with van der Waals surface area (Å²) in [5, 5.41) is -0.367. The van der Waals surface area contributed by atoms with E-state index in [-0.39, 0.29) is 11.9 Å². The first-order chi connectivity index (χ1) is 7.86. The molecule has 1 unspecified atom stereocenters. The van der Waals surface area contributed by atoms with Gasteiger partial charge in [-0.1, -0.05) is 6.92 Å². The molecule has 1 aromatic carbocycles. The average Bonchev–Trinajstić information content (AvgIpc) is 2.25. The van der Waals surface area contributed by atoms with Gasteiger partial charge in [-0.3, -0.25) is 0 Å². The lowest BCUT2D eigenvalue weighted by Gasteiger charge is -2.10. The standard InChI is InChI=1S/C10H12ClF2NO2S/c1-2-7(11)6-14-17(15,16)10-4-3-8(12)5-9(10)13/h3-5,7,14H,2,6H2,1H3. The highest BCUT2D eigenvalue weighted by molar-refractivity contribution is 7.89. The molecule has 1 rings (SSSR count). The van der Waals surface area contributed by atoms with E-state index < -0.39 is 26.6 Å². The fraction of sp³-hybridized carbons (Fsp3) is 0.400. The Morgan fingerprint density at radius 2 is 2.06 bits per heavy atom. The van der Waals surface area contributed by atoms with Gasteiger partial charge in [-0.15, -0.1) is 11.6 Å². The van der Waals surface area contributed by atoms with Gasteiger partial charge in [0.25, 0.3) is 0 Å². The van der Waals surface area contributed by atoms with Gasteiger partial charge in [-0.05, 0) is 18.6 Å². The van der Waals surface area contributed by atoms with Crippen molar-refractivity contribution in [3.05, 3.63) is 29.8 Å². The molecule has 7 heteroatoms. The van der Waals surface area contributed by atoms with Crippen LogP contribution in [0, 0.1) is 11.6 Å². The van der Waals surface area contributed by atoms with Crippen LogP contribution in [0.5, 0.6) is 0 Å². The predicted molar refractivity (Wildman–Crippen MR) is 61.5 cm³/mol. The van der Waals surface area contributed by atoms with Crippen LogP contribution in [0.4, 0.5) is 8.78 Å². The summed E-state index contributed by atoms with van der Waals surface area (Å²) in [5.41, 5.74) is 0. The van der Waals surface area contributed by atoms with Gasteiger partial charge >= 0.3 is 0 Å². The van der Waals surface area contributed by atoms with Crippen molar-refractivity contribution in [2.24, 2.45) is 0 Å². The van der Waals surface area contributed by atoms with Crippen LogP contribution >= 0.6 is 11.6 Å². The van der Waals surface area contributed by atoms with E-state index >= 15 is 0 Å². The van der Waals surface area contributed by atoms with Crippen LogP contribution < -0.4 is 4.72 Å². The zero-order valence-electron chi connectivity index (χ0n) is 9.08. The average molecular weight is 284 g/mol. The minimum absolute atomic E-state index is 0.00277. The third-order valence-corrected chi connectivity index (χ3v) is 4.04. The van der Waals surface area contributed by atoms with Crippen molar-refractivity contribution < 1.29 is 17.2 Å². The Morgan fingerprint density at radius 3 is 2.59 bits per heavy atom. The van der Waals surface area contributed by atoms with Crippen molar-refractivity contribution in [2.45, 2.75) is 23.6 Å². The highest BCUT2D eigenvalue weighted by atomic mass is 35.5. The number of hydrogen-bond acceptors (Lipinski definition) is 2. The van der Waals surface area contributed by atoms with E-state index in [2.05, 4.69) is 4.72 Å². The molecule has 0 saturated heterocycles. The second kappa shape index (κ2) is 5.75. The highest BCUT2D eigenvalue weighted by Crippen LogP contribution is 2.15. The summed E-state index contributed by atoms with van der Waals surface area (Å²) < 4.78 is 51.4. The van der Waals surface area contributed by atoms with Gasteiger partial charge in [0.2, 0.25) is 10.0 Å². The van der Waals surface area contributed by atoms with E-state index in [4.69, 9.17) is 11.6 Å². The molecular weight excluding hydrogens is 272 g/mol. The van der Waals surface area contributed by atoms with Crippen molar-refractivity contribution in [1.29, 1.82) is 0 Å². The van der Waals surface area contributed by atoms with E-state index in [0.29, 0.717) is 12.5 Å². The van der Waals surface area contributed by atoms with E-state index in [0.717, 1.165) is 12.1 Å². The lowest BCUT2D eigenvalue weighted by molar-refractivity contribution is 0.542. The van der Waals surface area contributed by atoms with Crippen molar-refractivity contribution in [1.82, 2.24) is 4.72 Å². The van der Waals surface area contributed by atoms with Crippen LogP contribution in [0.1, 0.15) is 13.3 Å². The highest BCUT2D eigenvalue weighted by Gasteiger charge is 2.20. The first-order valence-electron chi connectivity index (χ1n) is 4.95. The number of hydrogen-bond donors (Lipinski definition) is 1. The SMILES string of the molecule is CCC(Cl)CNS(=O)(=O)c1ccc(F)cc1F. The van der Waals surface area contributed by atoms with Gasteiger partial charge < -0.3 is 0 Å². The second-order valence-corrected chi connectivity index (χ2v) is 5.78. The molecule has 0 amide bonds. The van der Waals surface area contributed by atoms with Gasteiger partial charge in [0.05, 0.1) is 0 Å². The number of sulfonamides is 1. The molecule has 1 aromatic rings. The third-order valence-electron chi connectivity index (χ3n) is 2.12. The summed E-state index contributed by atoms with van der Waals surface area (Å²) in [5.74, 6) is -1.95. The molecule has 1 atom stereocenters. The Balaban J connectivity index is 2.90. The van der Waals surface area contributed by atoms with E-state index in [9.17, 15) is 17.2 Å². The van der Waals surface area contributed by atoms with Crippen molar-refractivity contribution >= 4 is 21.6 Å². The summed E-state index contributed by atoms with van der Waals surface area (Å²) in [7, 11) is -3.99. The molecule has 0 heterocycles. The number of rotatable bonds is 5. The summed E-state index contributed by atoms with van der Waals surface area (Å²) in [6.45, 7) is 1.79. The Labute approximate surface area is 104 Å². The van der Waals surface area contributed by atoms with Gasteiger partial charge in [0.1, 0.15) is 16.5 Å². The van der Waals surface area contributed by atoms with Crippen molar-refractivity contribution in [3.63, 3.8) is 0 Å². The van der Waals surface area contributed by atoms with Crippen LogP contribution in [-0.2, 0) is 10.0 Å². The molecule has 0 aromatic heterocycles. The molecule has 17 heavy (non-hydrogen) atoms. The van der Waals surface area contributed by atoms with Crippen LogP contribution in [0.2, 0.25) is 0 Å². The number of nitrogens with one attached hydrogen (secondary N) is 1. The van der Waals surface area contributed by atoms with E-state index in [1.54, 1.807) is 6.92 Å². The molecule has 0 fully saturated rings. The Hall–Kier alpha value is -0.720. The van der Waals surface area contributed by atoms with Gasteiger partial charge in [-0.25, -0.2) is 21.9 Å². The third kappa shape index (κ3) is 3.90. The fourth-order valence-corrected chi connectivity index (χ4v) is 2.42. The summed E-state index contributed by atoms with van der Waals surface area (Å²) >= 11 is 5.74. The maximum atomic E-state index is 13.3. The smallest absolute Gasteiger partial charge is 0.210 e. The summed E-state index contributed by atoms with van der Waals surface area (Å²) in [6, 6.07) is 2.28. The van der Waals surface area contributed by atoms with Gasteiger partial charge in [0, 0.05) is 18.0 Å². The molecule has 0 radical (unpaired) electrons. The van der Waals surface area contributed by atoms with E-state index in [1.807, 2.05) is 0 Å². The molecule has 0 bridgehead atoms. The normalized spacial score (nSPS) is 13.6. The molecule has 1 N–H and O–H groups in total. The topological polar surface area (TPSA) is 46.2 Å². The molecular formula is C10H12ClF2NO2S. The first kappa shape index (κ1) is 14.3. The van der Waals surface area contributed by atoms with Crippen molar-refractivity contribution in [3.8, 4) is 0 Å². The van der Waals surface area contributed by atoms with Gasteiger partial charge in [0.15, 0.2) is 0 Å². The van der Waals surface area contributed by atoms with Crippen molar-refractivity contribution in [2.75, 3.05) is 6.54 Å². The molecule has 0 aliphatic rings. The maximum absolute atomic E-state index is 13.3. The lowest BCUT2D eigenvalue weighted by atomic mass is 10.3. The van der Waals surface area contributed by atoms with Crippen LogP contribution in [0.3, 0.4) is 0 Å². The fourth-order valence-electron chi connectivity index (χ4n) is 1.12. The van der Waals surface area contributed by atoms with Crippen LogP contribution in [-0.4, -0.2) is 20.3 Å².